The molecular weight excluding hydrogens is 390 g/mol. The van der Waals surface area contributed by atoms with E-state index in [0.717, 1.165) is 25.9 Å². The van der Waals surface area contributed by atoms with Crippen LogP contribution >= 0.6 is 12.4 Å². The molecule has 27 heavy (non-hydrogen) atoms. The zero-order valence-electron chi connectivity index (χ0n) is 15.5. The minimum absolute atomic E-state index is 0. The normalized spacial score (nSPS) is 16.7. The highest BCUT2D eigenvalue weighted by atomic mass is 35.5. The summed E-state index contributed by atoms with van der Waals surface area (Å²) in [5.41, 5.74) is 0.347. The minimum atomic E-state index is -3.67. The molecule has 1 fully saturated rings. The Balaban J connectivity index is 0.00000261. The van der Waals surface area contributed by atoms with Crippen molar-refractivity contribution in [2.45, 2.75) is 24.7 Å². The fourth-order valence-electron chi connectivity index (χ4n) is 3.33. The van der Waals surface area contributed by atoms with Gasteiger partial charge in [0.2, 0.25) is 10.0 Å². The number of methoxy groups -OCH3 is 1. The number of hydrogen-bond acceptors (Lipinski definition) is 6. The van der Waals surface area contributed by atoms with E-state index < -0.39 is 10.0 Å². The van der Waals surface area contributed by atoms with Crippen LogP contribution in [0.3, 0.4) is 0 Å². The van der Waals surface area contributed by atoms with Gasteiger partial charge in [-0.2, -0.15) is 5.10 Å². The predicted molar refractivity (Wildman–Crippen MR) is 105 cm³/mol. The number of rotatable bonds is 7. The summed E-state index contributed by atoms with van der Waals surface area (Å²) < 4.78 is 35.3. The zero-order valence-corrected chi connectivity index (χ0v) is 17.1. The number of sulfonamides is 1. The number of hydrogen-bond donors (Lipinski definition) is 2. The second-order valence-electron chi connectivity index (χ2n) is 6.70. The Bertz CT molecular complexity index is 830. The molecule has 1 aliphatic rings. The molecule has 0 aliphatic carbocycles. The van der Waals surface area contributed by atoms with Gasteiger partial charge in [0.1, 0.15) is 4.90 Å². The third-order valence-electron chi connectivity index (χ3n) is 4.87. The quantitative estimate of drug-likeness (QED) is 0.707. The first-order chi connectivity index (χ1) is 12.5. The maximum atomic E-state index is 12.8. The molecule has 150 valence electrons. The van der Waals surface area contributed by atoms with Gasteiger partial charge in [-0.1, -0.05) is 6.07 Å². The van der Waals surface area contributed by atoms with Crippen molar-refractivity contribution in [1.82, 2.24) is 24.8 Å². The summed E-state index contributed by atoms with van der Waals surface area (Å²) in [6.45, 7) is 4.33. The topological polar surface area (TPSA) is 98.1 Å². The number of halogens is 1. The summed E-state index contributed by atoms with van der Waals surface area (Å²) in [6, 6.07) is 5.42. The first kappa shape index (κ1) is 21.8. The Hall–Kier alpha value is -1.52. The summed E-state index contributed by atoms with van der Waals surface area (Å²) >= 11 is 0. The fourth-order valence-corrected chi connectivity index (χ4v) is 4.64. The van der Waals surface area contributed by atoms with Crippen LogP contribution < -0.4 is 10.0 Å². The largest absolute Gasteiger partial charge is 0.384 e. The summed E-state index contributed by atoms with van der Waals surface area (Å²) in [6.07, 6.45) is 4.76. The average molecular weight is 416 g/mol. The van der Waals surface area contributed by atoms with Crippen LogP contribution in [-0.4, -0.2) is 56.5 Å². The second kappa shape index (κ2) is 9.11. The Labute approximate surface area is 166 Å². The lowest BCUT2D eigenvalue weighted by molar-refractivity contribution is 0.0577. The minimum Gasteiger partial charge on any atom is -0.384 e. The molecule has 3 heterocycles. The molecular formula is C17H26ClN5O3S. The van der Waals surface area contributed by atoms with E-state index in [0.29, 0.717) is 24.7 Å². The SMILES string of the molecule is COCC1(CNS(=O)(=O)c2cnn(-c3ccccn3)c2C)CCNCC1.Cl. The first-order valence-corrected chi connectivity index (χ1v) is 10.1. The molecule has 0 aromatic carbocycles. The fraction of sp³-hybridized carbons (Fsp3) is 0.529. The Kier molecular flexibility index (Phi) is 7.35. The smallest absolute Gasteiger partial charge is 0.243 e. The monoisotopic (exact) mass is 415 g/mol. The van der Waals surface area contributed by atoms with E-state index in [4.69, 9.17) is 4.74 Å². The van der Waals surface area contributed by atoms with Crippen LogP contribution in [0, 0.1) is 12.3 Å². The van der Waals surface area contributed by atoms with E-state index in [-0.39, 0.29) is 22.7 Å². The van der Waals surface area contributed by atoms with Crippen molar-refractivity contribution in [2.75, 3.05) is 33.4 Å². The van der Waals surface area contributed by atoms with Crippen molar-refractivity contribution in [3.63, 3.8) is 0 Å². The van der Waals surface area contributed by atoms with Gasteiger partial charge >= 0.3 is 0 Å². The van der Waals surface area contributed by atoms with Gasteiger partial charge in [0.05, 0.1) is 18.5 Å². The van der Waals surface area contributed by atoms with Crippen molar-refractivity contribution in [1.29, 1.82) is 0 Å². The lowest BCUT2D eigenvalue weighted by Crippen LogP contribution is -2.47. The van der Waals surface area contributed by atoms with Gasteiger partial charge in [0.15, 0.2) is 5.82 Å². The average Bonchev–Trinajstić information content (AvgIpc) is 3.04. The van der Waals surface area contributed by atoms with Crippen LogP contribution in [0.15, 0.2) is 35.5 Å². The standard InChI is InChI=1S/C17H25N5O3S.ClH/c1-14-15(11-20-22(14)16-5-3-4-8-19-16)26(23,24)21-12-17(13-25-2)6-9-18-10-7-17;/h3-5,8,11,18,21H,6-7,9-10,12-13H2,1-2H3;1H. The van der Waals surface area contributed by atoms with Crippen molar-refractivity contribution in [2.24, 2.45) is 5.41 Å². The third-order valence-corrected chi connectivity index (χ3v) is 6.38. The molecule has 0 unspecified atom stereocenters. The first-order valence-electron chi connectivity index (χ1n) is 8.63. The van der Waals surface area contributed by atoms with Gasteiger partial charge < -0.3 is 10.1 Å². The summed E-state index contributed by atoms with van der Waals surface area (Å²) in [7, 11) is -2.02. The van der Waals surface area contributed by atoms with E-state index in [1.54, 1.807) is 32.4 Å². The van der Waals surface area contributed by atoms with E-state index in [2.05, 4.69) is 20.1 Å². The highest BCUT2D eigenvalue weighted by molar-refractivity contribution is 7.89. The molecule has 0 spiro atoms. The van der Waals surface area contributed by atoms with Gasteiger partial charge in [0.25, 0.3) is 0 Å². The molecule has 1 saturated heterocycles. The molecule has 0 bridgehead atoms. The van der Waals surface area contributed by atoms with Gasteiger partial charge in [-0.3, -0.25) is 0 Å². The maximum Gasteiger partial charge on any atom is 0.243 e. The van der Waals surface area contributed by atoms with Gasteiger partial charge in [-0.15, -0.1) is 12.4 Å². The highest BCUT2D eigenvalue weighted by Gasteiger charge is 2.34. The summed E-state index contributed by atoms with van der Waals surface area (Å²) in [5.74, 6) is 0.584. The Morgan fingerprint density at radius 2 is 2.07 bits per heavy atom. The van der Waals surface area contributed by atoms with Crippen LogP contribution in [0.25, 0.3) is 5.82 Å². The highest BCUT2D eigenvalue weighted by Crippen LogP contribution is 2.29. The van der Waals surface area contributed by atoms with Gasteiger partial charge in [-0.25, -0.2) is 22.8 Å². The molecule has 2 N–H and O–H groups in total. The molecule has 1 aliphatic heterocycles. The molecule has 8 nitrogen and oxygen atoms in total. The zero-order chi connectivity index (χ0) is 18.6. The Morgan fingerprint density at radius 3 is 2.70 bits per heavy atom. The van der Waals surface area contributed by atoms with Crippen molar-refractivity contribution < 1.29 is 13.2 Å². The number of aromatic nitrogens is 3. The number of nitrogens with one attached hydrogen (secondary N) is 2. The molecule has 0 radical (unpaired) electrons. The molecule has 2 aromatic rings. The van der Waals surface area contributed by atoms with Crippen LogP contribution in [-0.2, 0) is 14.8 Å². The lowest BCUT2D eigenvalue weighted by atomic mass is 9.80. The van der Waals surface area contributed by atoms with Crippen LogP contribution in [0.4, 0.5) is 0 Å². The summed E-state index contributed by atoms with van der Waals surface area (Å²) in [5, 5.41) is 7.51. The predicted octanol–water partition coefficient (Wildman–Crippen LogP) is 1.29. The number of piperidine rings is 1. The molecule has 0 amide bonds. The van der Waals surface area contributed by atoms with Crippen molar-refractivity contribution in [3.8, 4) is 5.82 Å². The Morgan fingerprint density at radius 1 is 1.33 bits per heavy atom. The maximum absolute atomic E-state index is 12.8. The van der Waals surface area contributed by atoms with E-state index in [1.165, 1.54) is 10.9 Å². The molecule has 2 aromatic heterocycles. The summed E-state index contributed by atoms with van der Waals surface area (Å²) in [4.78, 5) is 4.39. The van der Waals surface area contributed by atoms with E-state index >= 15 is 0 Å². The van der Waals surface area contributed by atoms with Crippen LogP contribution in [0.1, 0.15) is 18.5 Å². The van der Waals surface area contributed by atoms with E-state index in [1.807, 2.05) is 6.07 Å². The van der Waals surface area contributed by atoms with Crippen molar-refractivity contribution >= 4 is 22.4 Å². The van der Waals surface area contributed by atoms with Crippen LogP contribution in [0.5, 0.6) is 0 Å². The van der Waals surface area contributed by atoms with E-state index in [9.17, 15) is 8.42 Å². The molecule has 3 rings (SSSR count). The molecule has 0 atom stereocenters. The third kappa shape index (κ3) is 4.85. The van der Waals surface area contributed by atoms with Gasteiger partial charge in [0, 0.05) is 25.3 Å². The van der Waals surface area contributed by atoms with Crippen molar-refractivity contribution in [3.05, 3.63) is 36.3 Å². The molecule has 10 heteroatoms. The van der Waals surface area contributed by atoms with Gasteiger partial charge in [-0.05, 0) is 45.0 Å². The molecule has 0 saturated carbocycles. The number of pyridine rings is 1. The van der Waals surface area contributed by atoms with Crippen LogP contribution in [0.2, 0.25) is 0 Å². The lowest BCUT2D eigenvalue weighted by Gasteiger charge is -2.37. The number of nitrogens with zero attached hydrogens (tertiary/aromatic N) is 3. The number of ether oxygens (including phenoxy) is 1. The second-order valence-corrected chi connectivity index (χ2v) is 8.44.